The highest BCUT2D eigenvalue weighted by atomic mass is 35.5. The summed E-state index contributed by atoms with van der Waals surface area (Å²) >= 11 is 6.26. The number of carbonyl (C=O) groups is 1. The molecule has 2 heterocycles. The first-order valence-corrected chi connectivity index (χ1v) is 10.8. The molecule has 0 spiro atoms. The Hall–Kier alpha value is -3.55. The van der Waals surface area contributed by atoms with Crippen LogP contribution < -0.4 is 4.90 Å². The van der Waals surface area contributed by atoms with E-state index in [9.17, 15) is 4.79 Å². The van der Waals surface area contributed by atoms with Crippen molar-refractivity contribution in [2.45, 2.75) is 26.7 Å². The lowest BCUT2D eigenvalue weighted by Crippen LogP contribution is -2.26. The second-order valence-electron chi connectivity index (χ2n) is 8.15. The van der Waals surface area contributed by atoms with Gasteiger partial charge in [0.1, 0.15) is 0 Å². The Morgan fingerprint density at radius 3 is 2.47 bits per heavy atom. The molecule has 0 aliphatic rings. The van der Waals surface area contributed by atoms with Crippen molar-refractivity contribution in [3.05, 3.63) is 88.2 Å². The minimum atomic E-state index is -0.0984. The van der Waals surface area contributed by atoms with Crippen LogP contribution in [0.5, 0.6) is 0 Å². The van der Waals surface area contributed by atoms with Crippen LogP contribution in [0.25, 0.3) is 16.6 Å². The van der Waals surface area contributed by atoms with Crippen LogP contribution in [0.1, 0.15) is 47.1 Å². The lowest BCUT2D eigenvalue weighted by molar-refractivity contribution is 0.0993. The van der Waals surface area contributed by atoms with Gasteiger partial charge in [-0.25, -0.2) is 4.52 Å². The van der Waals surface area contributed by atoms with Gasteiger partial charge in [0.25, 0.3) is 5.91 Å². The summed E-state index contributed by atoms with van der Waals surface area (Å²) in [6.45, 7) is 6.18. The molecule has 0 fully saturated rings. The zero-order valence-electron chi connectivity index (χ0n) is 18.6. The molecule has 5 heteroatoms. The zero-order chi connectivity index (χ0) is 23.0. The number of benzene rings is 2. The molecule has 0 aliphatic heterocycles. The smallest absolute Gasteiger partial charge is 0.258 e. The average molecular weight is 442 g/mol. The summed E-state index contributed by atoms with van der Waals surface area (Å²) in [5.74, 6) is 2.68. The summed E-state index contributed by atoms with van der Waals surface area (Å²) < 4.78 is 1.94. The maximum Gasteiger partial charge on any atom is 0.258 e. The van der Waals surface area contributed by atoms with Crippen LogP contribution in [-0.2, 0) is 0 Å². The van der Waals surface area contributed by atoms with E-state index in [2.05, 4.69) is 19.8 Å². The van der Waals surface area contributed by atoms with Crippen molar-refractivity contribution in [2.24, 2.45) is 0 Å². The molecule has 0 bridgehead atoms. The van der Waals surface area contributed by atoms with Crippen LogP contribution in [0.3, 0.4) is 0 Å². The highest BCUT2D eigenvalue weighted by Gasteiger charge is 2.21. The van der Waals surface area contributed by atoms with E-state index in [4.69, 9.17) is 23.1 Å². The molecule has 0 saturated heterocycles. The fourth-order valence-electron chi connectivity index (χ4n) is 3.91. The largest absolute Gasteiger partial charge is 0.311 e. The molecule has 32 heavy (non-hydrogen) atoms. The van der Waals surface area contributed by atoms with Gasteiger partial charge in [-0.2, -0.15) is 5.10 Å². The molecule has 0 atom stereocenters. The first-order valence-electron chi connectivity index (χ1n) is 10.4. The van der Waals surface area contributed by atoms with Gasteiger partial charge in [-0.05, 0) is 66.9 Å². The molecule has 0 saturated carbocycles. The van der Waals surface area contributed by atoms with Crippen molar-refractivity contribution < 1.29 is 4.79 Å². The number of terminal acetylenes is 1. The first-order chi connectivity index (χ1) is 15.3. The summed E-state index contributed by atoms with van der Waals surface area (Å²) in [6, 6.07) is 18.9. The average Bonchev–Trinajstić information content (AvgIpc) is 3.12. The number of rotatable bonds is 4. The lowest BCUT2D eigenvalue weighted by atomic mass is 10.0. The Morgan fingerprint density at radius 2 is 1.84 bits per heavy atom. The Kier molecular flexibility index (Phi) is 5.78. The van der Waals surface area contributed by atoms with Gasteiger partial charge >= 0.3 is 0 Å². The van der Waals surface area contributed by atoms with E-state index in [0.717, 1.165) is 39.3 Å². The second-order valence-corrected chi connectivity index (χ2v) is 8.58. The fraction of sp³-hybridized carbons (Fsp3) is 0.185. The molecule has 0 aliphatic carbocycles. The maximum absolute atomic E-state index is 13.5. The molecule has 2 aromatic carbocycles. The van der Waals surface area contributed by atoms with Crippen LogP contribution in [0.4, 0.5) is 5.69 Å². The standard InChI is InChI=1S/C27H24ClN3O/c1-6-19-10-12-23(13-11-19)30(5)27(32)21-15-24(17(2)3)31-25(16-21)26(18(4)29-31)20-8-7-9-22(28)14-20/h1,7-17H,2-5H3. The molecule has 0 radical (unpaired) electrons. The predicted octanol–water partition coefficient (Wildman–Crippen LogP) is 6.34. The molecule has 4 aromatic rings. The Morgan fingerprint density at radius 1 is 1.12 bits per heavy atom. The molecule has 4 rings (SSSR count). The van der Waals surface area contributed by atoms with Crippen molar-refractivity contribution in [3.63, 3.8) is 0 Å². The van der Waals surface area contributed by atoms with E-state index >= 15 is 0 Å². The molecular formula is C27H24ClN3O. The van der Waals surface area contributed by atoms with Crippen molar-refractivity contribution in [3.8, 4) is 23.5 Å². The van der Waals surface area contributed by atoms with Gasteiger partial charge in [0, 0.05) is 40.1 Å². The summed E-state index contributed by atoms with van der Waals surface area (Å²) in [5, 5.41) is 5.45. The van der Waals surface area contributed by atoms with Crippen molar-refractivity contribution >= 4 is 28.7 Å². The number of fused-ring (bicyclic) bond motifs is 1. The quantitative estimate of drug-likeness (QED) is 0.346. The number of hydrogen-bond donors (Lipinski definition) is 0. The van der Waals surface area contributed by atoms with E-state index in [1.165, 1.54) is 0 Å². The van der Waals surface area contributed by atoms with Gasteiger partial charge in [-0.1, -0.05) is 43.5 Å². The predicted molar refractivity (Wildman–Crippen MR) is 132 cm³/mol. The summed E-state index contributed by atoms with van der Waals surface area (Å²) in [5.41, 5.74) is 6.85. The van der Waals surface area contributed by atoms with E-state index in [0.29, 0.717) is 10.6 Å². The van der Waals surface area contributed by atoms with E-state index < -0.39 is 0 Å². The molecule has 0 N–H and O–H groups in total. The number of hydrogen-bond acceptors (Lipinski definition) is 2. The number of nitrogens with zero attached hydrogens (tertiary/aromatic N) is 3. The van der Waals surface area contributed by atoms with Crippen molar-refractivity contribution in [1.82, 2.24) is 9.61 Å². The minimum absolute atomic E-state index is 0.0984. The highest BCUT2D eigenvalue weighted by Crippen LogP contribution is 2.33. The van der Waals surface area contributed by atoms with Crippen molar-refractivity contribution in [1.29, 1.82) is 0 Å². The van der Waals surface area contributed by atoms with Crippen molar-refractivity contribution in [2.75, 3.05) is 11.9 Å². The Bertz CT molecular complexity index is 1360. The van der Waals surface area contributed by atoms with Crippen LogP contribution in [0.15, 0.2) is 60.7 Å². The van der Waals surface area contributed by atoms with Crippen LogP contribution in [0, 0.1) is 19.3 Å². The third-order valence-corrected chi connectivity index (χ3v) is 5.85. The molecule has 4 nitrogen and oxygen atoms in total. The first kappa shape index (κ1) is 21.7. The minimum Gasteiger partial charge on any atom is -0.311 e. The number of amides is 1. The van der Waals surface area contributed by atoms with Gasteiger partial charge in [0.05, 0.1) is 11.2 Å². The number of pyridine rings is 1. The number of aromatic nitrogens is 2. The van der Waals surface area contributed by atoms with Crippen LogP contribution in [0.2, 0.25) is 5.02 Å². The molecule has 1 amide bonds. The van der Waals surface area contributed by atoms with E-state index in [1.54, 1.807) is 11.9 Å². The fourth-order valence-corrected chi connectivity index (χ4v) is 4.10. The number of aryl methyl sites for hydroxylation is 1. The number of halogens is 1. The Balaban J connectivity index is 1.87. The molecule has 0 unspecified atom stereocenters. The molecular weight excluding hydrogens is 418 g/mol. The summed E-state index contributed by atoms with van der Waals surface area (Å²) in [4.78, 5) is 15.1. The van der Waals surface area contributed by atoms with E-state index in [1.807, 2.05) is 72.1 Å². The zero-order valence-corrected chi connectivity index (χ0v) is 19.3. The van der Waals surface area contributed by atoms with Gasteiger partial charge in [0.15, 0.2) is 0 Å². The second kappa shape index (κ2) is 8.53. The van der Waals surface area contributed by atoms with Gasteiger partial charge in [-0.15, -0.1) is 6.42 Å². The normalized spacial score (nSPS) is 11.0. The third-order valence-electron chi connectivity index (χ3n) is 5.61. The highest BCUT2D eigenvalue weighted by molar-refractivity contribution is 6.30. The van der Waals surface area contributed by atoms with Gasteiger partial charge < -0.3 is 4.90 Å². The number of carbonyl (C=O) groups excluding carboxylic acids is 1. The Labute approximate surface area is 193 Å². The lowest BCUT2D eigenvalue weighted by Gasteiger charge is -2.19. The summed E-state index contributed by atoms with van der Waals surface area (Å²) in [7, 11) is 1.77. The van der Waals surface area contributed by atoms with Crippen LogP contribution in [-0.4, -0.2) is 22.6 Å². The van der Waals surface area contributed by atoms with E-state index in [-0.39, 0.29) is 11.8 Å². The molecule has 160 valence electrons. The maximum atomic E-state index is 13.5. The van der Waals surface area contributed by atoms with Gasteiger partial charge in [0.2, 0.25) is 0 Å². The third kappa shape index (κ3) is 3.88. The topological polar surface area (TPSA) is 37.6 Å². The summed E-state index contributed by atoms with van der Waals surface area (Å²) in [6.07, 6.45) is 5.45. The van der Waals surface area contributed by atoms with Gasteiger partial charge in [-0.3, -0.25) is 4.79 Å². The van der Waals surface area contributed by atoms with Crippen LogP contribution >= 0.6 is 11.6 Å². The monoisotopic (exact) mass is 441 g/mol. The SMILES string of the molecule is C#Cc1ccc(N(C)C(=O)c2cc(C(C)C)n3nc(C)c(-c4cccc(Cl)c4)c3c2)cc1. The number of anilines is 1. The molecule has 2 aromatic heterocycles.